The van der Waals surface area contributed by atoms with Gasteiger partial charge in [-0.2, -0.15) is 0 Å². The molecule has 0 fully saturated rings. The van der Waals surface area contributed by atoms with Crippen LogP contribution < -0.4 is 0 Å². The van der Waals surface area contributed by atoms with Crippen molar-refractivity contribution in [2.45, 2.75) is 46.6 Å². The number of ether oxygens (including phenoxy) is 2. The fourth-order valence-electron chi connectivity index (χ4n) is 3.53. The minimum absolute atomic E-state index is 0.0270. The first-order valence-corrected chi connectivity index (χ1v) is 10.5. The van der Waals surface area contributed by atoms with Crippen molar-refractivity contribution in [2.75, 3.05) is 7.11 Å². The van der Waals surface area contributed by atoms with Gasteiger partial charge in [0.25, 0.3) is 0 Å². The van der Waals surface area contributed by atoms with Crippen LogP contribution >= 0.6 is 0 Å². The van der Waals surface area contributed by atoms with Crippen molar-refractivity contribution in [1.29, 1.82) is 0 Å². The van der Waals surface area contributed by atoms with Gasteiger partial charge >= 0.3 is 11.9 Å². The van der Waals surface area contributed by atoms with E-state index in [4.69, 9.17) is 9.47 Å². The first kappa shape index (κ1) is 24.3. The quantitative estimate of drug-likeness (QED) is 0.447. The van der Waals surface area contributed by atoms with Crippen molar-refractivity contribution < 1.29 is 23.9 Å². The molecule has 5 heteroatoms. The van der Waals surface area contributed by atoms with Gasteiger partial charge in [0.15, 0.2) is 5.78 Å². The Labute approximate surface area is 184 Å². The van der Waals surface area contributed by atoms with Gasteiger partial charge in [-0.1, -0.05) is 68.4 Å². The third kappa shape index (κ3) is 6.78. The average molecular weight is 425 g/mol. The van der Waals surface area contributed by atoms with Crippen LogP contribution in [0, 0.1) is 17.8 Å². The molecule has 0 aliphatic carbocycles. The van der Waals surface area contributed by atoms with E-state index in [0.717, 1.165) is 16.7 Å². The standard InChI is InChI=1S/C26H32O5/c1-17(2)22(24(28)30-6)23(25(29)31-26(3,4)5)21(27)16-18-12-14-20(15-13-18)19-10-8-7-9-11-19/h7-15,17,22-23H,16H2,1-6H3/t22-,23?/m1/s1. The van der Waals surface area contributed by atoms with E-state index in [9.17, 15) is 14.4 Å². The van der Waals surface area contributed by atoms with Crippen LogP contribution in [0.4, 0.5) is 0 Å². The van der Waals surface area contributed by atoms with E-state index in [-0.39, 0.29) is 18.1 Å². The van der Waals surface area contributed by atoms with Gasteiger partial charge in [-0.15, -0.1) is 0 Å². The summed E-state index contributed by atoms with van der Waals surface area (Å²) in [6.07, 6.45) is 0.0270. The predicted octanol–water partition coefficient (Wildman–Crippen LogP) is 4.87. The number of Topliss-reactive ketones (excluding diaryl/α,β-unsaturated/α-hetero) is 1. The normalized spacial score (nSPS) is 13.4. The molecule has 0 spiro atoms. The predicted molar refractivity (Wildman–Crippen MR) is 120 cm³/mol. The summed E-state index contributed by atoms with van der Waals surface area (Å²) in [7, 11) is 1.26. The van der Waals surface area contributed by atoms with E-state index in [1.54, 1.807) is 34.6 Å². The lowest BCUT2D eigenvalue weighted by atomic mass is 9.79. The van der Waals surface area contributed by atoms with Crippen LogP contribution in [0.5, 0.6) is 0 Å². The fraction of sp³-hybridized carbons (Fsp3) is 0.423. The number of hydrogen-bond acceptors (Lipinski definition) is 5. The summed E-state index contributed by atoms with van der Waals surface area (Å²) in [5.41, 5.74) is 2.11. The number of benzene rings is 2. The molecule has 0 aliphatic heterocycles. The van der Waals surface area contributed by atoms with Crippen molar-refractivity contribution in [3.63, 3.8) is 0 Å². The molecule has 0 amide bonds. The molecule has 0 heterocycles. The topological polar surface area (TPSA) is 69.7 Å². The SMILES string of the molecule is COC(=O)[C@H](C(C)C)C(C(=O)Cc1ccc(-c2ccccc2)cc1)C(=O)OC(C)(C)C. The van der Waals surface area contributed by atoms with Crippen molar-refractivity contribution >= 4 is 17.7 Å². The van der Waals surface area contributed by atoms with Crippen LogP contribution in [0.3, 0.4) is 0 Å². The molecule has 0 radical (unpaired) electrons. The second kappa shape index (κ2) is 10.4. The first-order valence-electron chi connectivity index (χ1n) is 10.5. The Hall–Kier alpha value is -2.95. The number of hydrogen-bond donors (Lipinski definition) is 0. The molecule has 0 aromatic heterocycles. The molecular formula is C26H32O5. The van der Waals surface area contributed by atoms with Gasteiger partial charge in [0, 0.05) is 6.42 Å². The molecule has 5 nitrogen and oxygen atoms in total. The minimum Gasteiger partial charge on any atom is -0.469 e. The third-order valence-corrected chi connectivity index (χ3v) is 5.00. The fourth-order valence-corrected chi connectivity index (χ4v) is 3.53. The molecule has 2 aromatic rings. The van der Waals surface area contributed by atoms with E-state index in [1.807, 2.05) is 54.6 Å². The number of rotatable bonds is 8. The number of carbonyl (C=O) groups excluding carboxylic acids is 3. The molecule has 31 heavy (non-hydrogen) atoms. The molecular weight excluding hydrogens is 392 g/mol. The second-order valence-electron chi connectivity index (χ2n) is 9.01. The second-order valence-corrected chi connectivity index (χ2v) is 9.01. The van der Waals surface area contributed by atoms with E-state index in [2.05, 4.69) is 0 Å². The number of ketones is 1. The van der Waals surface area contributed by atoms with Gasteiger partial charge in [0.2, 0.25) is 0 Å². The maximum absolute atomic E-state index is 13.3. The van der Waals surface area contributed by atoms with Crippen LogP contribution in [0.2, 0.25) is 0 Å². The van der Waals surface area contributed by atoms with Crippen molar-refractivity contribution in [3.8, 4) is 11.1 Å². The highest BCUT2D eigenvalue weighted by atomic mass is 16.6. The zero-order chi connectivity index (χ0) is 23.2. The van der Waals surface area contributed by atoms with Gasteiger partial charge in [0.05, 0.1) is 13.0 Å². The minimum atomic E-state index is -1.22. The lowest BCUT2D eigenvalue weighted by molar-refractivity contribution is -0.171. The molecule has 2 rings (SSSR count). The van der Waals surface area contributed by atoms with Crippen LogP contribution in [0.1, 0.15) is 40.2 Å². The molecule has 0 aliphatic rings. The Balaban J connectivity index is 2.29. The van der Waals surface area contributed by atoms with E-state index in [0.29, 0.717) is 0 Å². The highest BCUT2D eigenvalue weighted by molar-refractivity contribution is 6.03. The summed E-state index contributed by atoms with van der Waals surface area (Å²) in [6, 6.07) is 17.6. The molecule has 2 aromatic carbocycles. The van der Waals surface area contributed by atoms with Crippen LogP contribution in [-0.2, 0) is 30.3 Å². The smallest absolute Gasteiger partial charge is 0.317 e. The zero-order valence-electron chi connectivity index (χ0n) is 19.2. The van der Waals surface area contributed by atoms with Crippen LogP contribution in [0.15, 0.2) is 54.6 Å². The number of esters is 2. The van der Waals surface area contributed by atoms with Crippen molar-refractivity contribution in [3.05, 3.63) is 60.2 Å². The summed E-state index contributed by atoms with van der Waals surface area (Å²) in [5.74, 6) is -4.03. The molecule has 0 N–H and O–H groups in total. The zero-order valence-corrected chi connectivity index (χ0v) is 19.2. The van der Waals surface area contributed by atoms with Crippen molar-refractivity contribution in [2.24, 2.45) is 17.8 Å². The highest BCUT2D eigenvalue weighted by Gasteiger charge is 2.43. The monoisotopic (exact) mass is 424 g/mol. The van der Waals surface area contributed by atoms with E-state index >= 15 is 0 Å². The highest BCUT2D eigenvalue weighted by Crippen LogP contribution is 2.28. The Morgan fingerprint density at radius 3 is 1.87 bits per heavy atom. The lowest BCUT2D eigenvalue weighted by Gasteiger charge is -2.29. The van der Waals surface area contributed by atoms with E-state index in [1.165, 1.54) is 7.11 Å². The average Bonchev–Trinajstić information content (AvgIpc) is 2.70. The Kier molecular flexibility index (Phi) is 8.14. The molecule has 0 saturated heterocycles. The summed E-state index contributed by atoms with van der Waals surface area (Å²) < 4.78 is 10.4. The maximum Gasteiger partial charge on any atom is 0.317 e. The summed E-state index contributed by atoms with van der Waals surface area (Å²) in [6.45, 7) is 8.79. The maximum atomic E-state index is 13.3. The Bertz CT molecular complexity index is 892. The molecule has 2 atom stereocenters. The Morgan fingerprint density at radius 1 is 0.839 bits per heavy atom. The van der Waals surface area contributed by atoms with Gasteiger partial charge in [-0.3, -0.25) is 14.4 Å². The number of carbonyl (C=O) groups is 3. The van der Waals surface area contributed by atoms with E-state index < -0.39 is 29.4 Å². The molecule has 0 bridgehead atoms. The van der Waals surface area contributed by atoms with Gasteiger partial charge < -0.3 is 9.47 Å². The number of methoxy groups -OCH3 is 1. The van der Waals surface area contributed by atoms with Crippen molar-refractivity contribution in [1.82, 2.24) is 0 Å². The first-order chi connectivity index (χ1) is 14.5. The van der Waals surface area contributed by atoms with Crippen LogP contribution in [-0.4, -0.2) is 30.4 Å². The molecule has 1 unspecified atom stereocenters. The lowest BCUT2D eigenvalue weighted by Crippen LogP contribution is -2.43. The van der Waals surface area contributed by atoms with Gasteiger partial charge in [-0.05, 0) is 43.4 Å². The Morgan fingerprint density at radius 2 is 1.39 bits per heavy atom. The largest absolute Gasteiger partial charge is 0.469 e. The third-order valence-electron chi connectivity index (χ3n) is 5.00. The summed E-state index contributed by atoms with van der Waals surface area (Å²) in [4.78, 5) is 38.6. The molecule has 0 saturated carbocycles. The molecule has 166 valence electrons. The van der Waals surface area contributed by atoms with Gasteiger partial charge in [-0.25, -0.2) is 0 Å². The summed E-state index contributed by atoms with van der Waals surface area (Å²) in [5, 5.41) is 0. The van der Waals surface area contributed by atoms with Gasteiger partial charge in [0.1, 0.15) is 11.5 Å². The summed E-state index contributed by atoms with van der Waals surface area (Å²) >= 11 is 0. The van der Waals surface area contributed by atoms with Crippen LogP contribution in [0.25, 0.3) is 11.1 Å².